The summed E-state index contributed by atoms with van der Waals surface area (Å²) in [4.78, 5) is 28.5. The van der Waals surface area contributed by atoms with Crippen LogP contribution in [0, 0.1) is 5.82 Å². The van der Waals surface area contributed by atoms with Gasteiger partial charge in [-0.3, -0.25) is 9.59 Å². The van der Waals surface area contributed by atoms with Gasteiger partial charge >= 0.3 is 0 Å². The monoisotopic (exact) mass is 420 g/mol. The van der Waals surface area contributed by atoms with Crippen LogP contribution < -0.4 is 4.90 Å². The average molecular weight is 421 g/mol. The highest BCUT2D eigenvalue weighted by Crippen LogP contribution is 2.27. The summed E-state index contributed by atoms with van der Waals surface area (Å²) in [5.41, 5.74) is 0.845. The Morgan fingerprint density at radius 3 is 2.46 bits per heavy atom. The van der Waals surface area contributed by atoms with E-state index in [0.717, 1.165) is 4.90 Å². The third-order valence-electron chi connectivity index (χ3n) is 4.74. The largest absolute Gasteiger partial charge is 0.366 e. The van der Waals surface area contributed by atoms with Crippen molar-refractivity contribution in [3.05, 3.63) is 58.9 Å². The number of carbonyl (C=O) groups is 2. The molecule has 1 heterocycles. The second-order valence-corrected chi connectivity index (χ2v) is 8.16. The molecule has 0 N–H and O–H groups in total. The zero-order valence-electron chi connectivity index (χ0n) is 15.7. The maximum absolute atomic E-state index is 14.3. The number of amides is 1. The summed E-state index contributed by atoms with van der Waals surface area (Å²) < 4.78 is 14.3. The number of piperazine rings is 1. The zero-order chi connectivity index (χ0) is 20.1. The Morgan fingerprint density at radius 2 is 1.82 bits per heavy atom. The first-order valence-corrected chi connectivity index (χ1v) is 10.5. The van der Waals surface area contributed by atoms with Crippen molar-refractivity contribution in [1.29, 1.82) is 0 Å². The number of carbonyl (C=O) groups excluding carboxylic acids is 2. The number of rotatable bonds is 6. The number of halogens is 2. The number of benzene rings is 2. The molecule has 1 saturated heterocycles. The number of hydrogen-bond donors (Lipinski definition) is 0. The summed E-state index contributed by atoms with van der Waals surface area (Å²) >= 11 is 7.71. The molecule has 7 heteroatoms. The fourth-order valence-corrected chi connectivity index (χ4v) is 4.32. The van der Waals surface area contributed by atoms with Crippen molar-refractivity contribution in [2.45, 2.75) is 18.2 Å². The van der Waals surface area contributed by atoms with Gasteiger partial charge in [0.05, 0.1) is 10.7 Å². The van der Waals surface area contributed by atoms with E-state index in [2.05, 4.69) is 0 Å². The lowest BCUT2D eigenvalue weighted by atomic mass is 10.1. The smallest absolute Gasteiger partial charge is 0.223 e. The first-order valence-electron chi connectivity index (χ1n) is 9.16. The molecule has 1 aliphatic heterocycles. The zero-order valence-corrected chi connectivity index (χ0v) is 17.2. The van der Waals surface area contributed by atoms with Crippen LogP contribution in [-0.4, -0.2) is 48.5 Å². The second-order valence-electron chi connectivity index (χ2n) is 6.62. The average Bonchev–Trinajstić information content (AvgIpc) is 2.69. The van der Waals surface area contributed by atoms with Crippen LogP contribution in [0.4, 0.5) is 10.1 Å². The maximum Gasteiger partial charge on any atom is 0.223 e. The third kappa shape index (κ3) is 5.06. The van der Waals surface area contributed by atoms with Crippen molar-refractivity contribution in [3.8, 4) is 0 Å². The molecule has 0 atom stereocenters. The van der Waals surface area contributed by atoms with E-state index < -0.39 is 5.82 Å². The summed E-state index contributed by atoms with van der Waals surface area (Å²) in [6, 6.07) is 12.2. The summed E-state index contributed by atoms with van der Waals surface area (Å²) in [7, 11) is 0. The van der Waals surface area contributed by atoms with E-state index >= 15 is 0 Å². The molecule has 0 aromatic heterocycles. The Labute approximate surface area is 173 Å². The minimum Gasteiger partial charge on any atom is -0.366 e. The molecule has 4 nitrogen and oxygen atoms in total. The number of nitrogens with zero attached hydrogens (tertiary/aromatic N) is 2. The van der Waals surface area contributed by atoms with Gasteiger partial charge in [0, 0.05) is 48.8 Å². The molecular weight excluding hydrogens is 399 g/mol. The predicted molar refractivity (Wildman–Crippen MR) is 112 cm³/mol. The second kappa shape index (κ2) is 9.43. The van der Waals surface area contributed by atoms with E-state index in [0.29, 0.717) is 54.6 Å². The SMILES string of the molecule is CC(=O)c1ccc(N2CCN(C(=O)CCSc3ccccc3Cl)CC2)c(F)c1. The first-order chi connectivity index (χ1) is 13.5. The number of ketones is 1. The molecule has 0 unspecified atom stereocenters. The molecule has 3 rings (SSSR count). The Morgan fingerprint density at radius 1 is 1.11 bits per heavy atom. The van der Waals surface area contributed by atoms with Crippen LogP contribution >= 0.6 is 23.4 Å². The van der Waals surface area contributed by atoms with E-state index in [1.54, 1.807) is 23.9 Å². The molecule has 28 heavy (non-hydrogen) atoms. The van der Waals surface area contributed by atoms with Crippen LogP contribution in [0.15, 0.2) is 47.4 Å². The Bertz CT molecular complexity index is 869. The van der Waals surface area contributed by atoms with Gasteiger partial charge in [0.15, 0.2) is 5.78 Å². The molecule has 0 aliphatic carbocycles. The van der Waals surface area contributed by atoms with Gasteiger partial charge in [0.25, 0.3) is 0 Å². The van der Waals surface area contributed by atoms with Crippen LogP contribution in [0.1, 0.15) is 23.7 Å². The van der Waals surface area contributed by atoms with Gasteiger partial charge in [0.1, 0.15) is 5.82 Å². The summed E-state index contributed by atoms with van der Waals surface area (Å²) in [5.74, 6) is 0.218. The van der Waals surface area contributed by atoms with Crippen molar-refractivity contribution in [2.24, 2.45) is 0 Å². The Balaban J connectivity index is 1.49. The minimum atomic E-state index is -0.399. The van der Waals surface area contributed by atoms with Crippen LogP contribution in [0.25, 0.3) is 0 Å². The van der Waals surface area contributed by atoms with Gasteiger partial charge < -0.3 is 9.80 Å². The molecular formula is C21H22ClFN2O2S. The van der Waals surface area contributed by atoms with Crippen molar-refractivity contribution < 1.29 is 14.0 Å². The fourth-order valence-electron chi connectivity index (χ4n) is 3.15. The van der Waals surface area contributed by atoms with E-state index in [4.69, 9.17) is 11.6 Å². The van der Waals surface area contributed by atoms with Crippen LogP contribution in [0.5, 0.6) is 0 Å². The van der Waals surface area contributed by atoms with Gasteiger partial charge in [-0.2, -0.15) is 0 Å². The molecule has 1 aliphatic rings. The van der Waals surface area contributed by atoms with Crippen molar-refractivity contribution in [1.82, 2.24) is 4.90 Å². The molecule has 2 aromatic carbocycles. The fraction of sp³-hybridized carbons (Fsp3) is 0.333. The lowest BCUT2D eigenvalue weighted by Gasteiger charge is -2.36. The highest BCUT2D eigenvalue weighted by Gasteiger charge is 2.23. The van der Waals surface area contributed by atoms with Crippen LogP contribution in [-0.2, 0) is 4.79 Å². The summed E-state index contributed by atoms with van der Waals surface area (Å²) in [5, 5.41) is 0.700. The van der Waals surface area contributed by atoms with Crippen LogP contribution in [0.3, 0.4) is 0 Å². The standard InChI is InChI=1S/C21H22ClFN2O2S/c1-15(26)16-6-7-19(18(23)14-16)24-9-11-25(12-10-24)21(27)8-13-28-20-5-3-2-4-17(20)22/h2-7,14H,8-13H2,1H3. The van der Waals surface area contributed by atoms with Gasteiger partial charge in [-0.05, 0) is 37.3 Å². The van der Waals surface area contributed by atoms with E-state index in [9.17, 15) is 14.0 Å². The Kier molecular flexibility index (Phi) is 6.97. The lowest BCUT2D eigenvalue weighted by Crippen LogP contribution is -2.49. The number of thioether (sulfide) groups is 1. The Hall–Kier alpha value is -2.05. The summed E-state index contributed by atoms with van der Waals surface area (Å²) in [6.07, 6.45) is 0.442. The molecule has 148 valence electrons. The number of hydrogen-bond acceptors (Lipinski definition) is 4. The van der Waals surface area contributed by atoms with Gasteiger partial charge in [0.2, 0.25) is 5.91 Å². The summed E-state index contributed by atoms with van der Waals surface area (Å²) in [6.45, 7) is 3.68. The van der Waals surface area contributed by atoms with E-state index in [1.165, 1.54) is 13.0 Å². The number of anilines is 1. The molecule has 1 amide bonds. The van der Waals surface area contributed by atoms with Gasteiger partial charge in [-0.1, -0.05) is 23.7 Å². The van der Waals surface area contributed by atoms with Gasteiger partial charge in [-0.15, -0.1) is 11.8 Å². The molecule has 0 radical (unpaired) electrons. The highest BCUT2D eigenvalue weighted by molar-refractivity contribution is 7.99. The van der Waals surface area contributed by atoms with Gasteiger partial charge in [-0.25, -0.2) is 4.39 Å². The van der Waals surface area contributed by atoms with Crippen molar-refractivity contribution in [3.63, 3.8) is 0 Å². The lowest BCUT2D eigenvalue weighted by molar-refractivity contribution is -0.131. The first kappa shape index (κ1) is 20.7. The molecule has 2 aromatic rings. The minimum absolute atomic E-state index is 0.103. The van der Waals surface area contributed by atoms with Crippen molar-refractivity contribution in [2.75, 3.05) is 36.8 Å². The highest BCUT2D eigenvalue weighted by atomic mass is 35.5. The maximum atomic E-state index is 14.3. The van der Waals surface area contributed by atoms with E-state index in [1.807, 2.05) is 34.1 Å². The normalized spacial score (nSPS) is 14.2. The quantitative estimate of drug-likeness (QED) is 0.509. The molecule has 0 spiro atoms. The molecule has 1 fully saturated rings. The third-order valence-corrected chi connectivity index (χ3v) is 6.25. The topological polar surface area (TPSA) is 40.6 Å². The number of Topliss-reactive ketones (excluding diaryl/α,β-unsaturated/α-hetero) is 1. The predicted octanol–water partition coefficient (Wildman–Crippen LogP) is 4.51. The van der Waals surface area contributed by atoms with Crippen LogP contribution in [0.2, 0.25) is 5.02 Å². The van der Waals surface area contributed by atoms with Crippen molar-refractivity contribution >= 4 is 40.7 Å². The molecule has 0 saturated carbocycles. The molecule has 0 bridgehead atoms. The van der Waals surface area contributed by atoms with E-state index in [-0.39, 0.29) is 11.7 Å².